The van der Waals surface area contributed by atoms with E-state index in [0.29, 0.717) is 17.7 Å². The van der Waals surface area contributed by atoms with Gasteiger partial charge in [-0.3, -0.25) is 0 Å². The summed E-state index contributed by atoms with van der Waals surface area (Å²) >= 11 is 0. The highest BCUT2D eigenvalue weighted by Gasteiger charge is 2.35. The fourth-order valence-corrected chi connectivity index (χ4v) is 4.11. The van der Waals surface area contributed by atoms with Crippen molar-refractivity contribution in [1.29, 1.82) is 0 Å². The molecule has 0 aliphatic carbocycles. The average molecular weight is 532 g/mol. The van der Waals surface area contributed by atoms with E-state index in [4.69, 9.17) is 4.74 Å². The first-order valence-electron chi connectivity index (χ1n) is 12.0. The molecule has 12 heteroatoms. The summed E-state index contributed by atoms with van der Waals surface area (Å²) in [7, 11) is 0. The van der Waals surface area contributed by atoms with Crippen LogP contribution < -0.4 is 4.74 Å². The van der Waals surface area contributed by atoms with Gasteiger partial charge in [-0.25, -0.2) is 9.59 Å². The molecule has 1 saturated heterocycles. The van der Waals surface area contributed by atoms with Crippen molar-refractivity contribution < 1.29 is 32.2 Å². The number of carbonyl (C=O) groups is 2. The Labute approximate surface area is 217 Å². The third-order valence-electron chi connectivity index (χ3n) is 5.77. The van der Waals surface area contributed by atoms with Crippen molar-refractivity contribution in [3.63, 3.8) is 0 Å². The van der Waals surface area contributed by atoms with Gasteiger partial charge >= 0.3 is 18.5 Å². The lowest BCUT2D eigenvalue weighted by Crippen LogP contribution is -2.58. The Morgan fingerprint density at radius 1 is 1.00 bits per heavy atom. The zero-order valence-electron chi connectivity index (χ0n) is 21.2. The molecule has 1 fully saturated rings. The van der Waals surface area contributed by atoms with Gasteiger partial charge in [-0.05, 0) is 57.0 Å². The molecular weight excluding hydrogens is 503 g/mol. The van der Waals surface area contributed by atoms with Gasteiger partial charge in [0, 0.05) is 25.2 Å². The molecule has 2 aromatic carbocycles. The van der Waals surface area contributed by atoms with E-state index in [2.05, 4.69) is 15.0 Å². The fraction of sp³-hybridized carbons (Fsp3) is 0.385. The van der Waals surface area contributed by atoms with Crippen LogP contribution >= 0.6 is 0 Å². The lowest BCUT2D eigenvalue weighted by atomic mass is 10.0. The molecule has 0 saturated carbocycles. The van der Waals surface area contributed by atoms with Gasteiger partial charge in [-0.2, -0.15) is 4.68 Å². The Morgan fingerprint density at radius 2 is 1.68 bits per heavy atom. The van der Waals surface area contributed by atoms with Gasteiger partial charge in [0.2, 0.25) is 0 Å². The minimum absolute atomic E-state index is 0.258. The summed E-state index contributed by atoms with van der Waals surface area (Å²) in [6.45, 7) is 6.21. The maximum Gasteiger partial charge on any atom is 0.573 e. The molecule has 1 aliphatic heterocycles. The number of halogens is 3. The van der Waals surface area contributed by atoms with Crippen LogP contribution in [0.4, 0.5) is 22.8 Å². The lowest BCUT2D eigenvalue weighted by Gasteiger charge is -2.41. The SMILES string of the molecule is CC(C)(C)OC(=O)N1CCN(C(=O)n2cc(-c3ccc(OC(F)(F)F)cc3)nn2)C(Cc2ccccc2)C1. The van der Waals surface area contributed by atoms with E-state index >= 15 is 0 Å². The van der Waals surface area contributed by atoms with Crippen LogP contribution in [-0.4, -0.2) is 74.6 Å². The van der Waals surface area contributed by atoms with Crippen molar-refractivity contribution in [2.75, 3.05) is 19.6 Å². The van der Waals surface area contributed by atoms with E-state index in [1.165, 1.54) is 18.3 Å². The number of piperazine rings is 1. The molecule has 1 aromatic heterocycles. The highest BCUT2D eigenvalue weighted by atomic mass is 19.4. The van der Waals surface area contributed by atoms with Gasteiger partial charge in [0.15, 0.2) is 0 Å². The Hall–Kier alpha value is -4.09. The third-order valence-corrected chi connectivity index (χ3v) is 5.77. The first-order valence-corrected chi connectivity index (χ1v) is 12.0. The first kappa shape index (κ1) is 27.0. The highest BCUT2D eigenvalue weighted by molar-refractivity contribution is 5.78. The minimum atomic E-state index is -4.79. The molecule has 38 heavy (non-hydrogen) atoms. The highest BCUT2D eigenvalue weighted by Crippen LogP contribution is 2.26. The van der Waals surface area contributed by atoms with Gasteiger partial charge in [0.05, 0.1) is 12.2 Å². The number of hydrogen-bond donors (Lipinski definition) is 0. The normalized spacial score (nSPS) is 16.3. The molecule has 0 N–H and O–H groups in total. The Balaban J connectivity index is 1.51. The molecule has 9 nitrogen and oxygen atoms in total. The number of amides is 2. The molecule has 1 aliphatic rings. The molecule has 3 aromatic rings. The number of carbonyl (C=O) groups excluding carboxylic acids is 2. The standard InChI is InChI=1S/C26H28F3N5O4/c1-25(2,3)38-24(36)32-13-14-33(20(16-32)15-18-7-5-4-6-8-18)23(35)34-17-22(30-31-34)19-9-11-21(12-10-19)37-26(27,28)29/h4-12,17,20H,13-16H2,1-3H3. The lowest BCUT2D eigenvalue weighted by molar-refractivity contribution is -0.274. The van der Waals surface area contributed by atoms with Gasteiger partial charge in [-0.1, -0.05) is 35.5 Å². The summed E-state index contributed by atoms with van der Waals surface area (Å²) in [5.41, 5.74) is 1.13. The van der Waals surface area contributed by atoms with Crippen LogP contribution in [0, 0.1) is 0 Å². The number of hydrogen-bond acceptors (Lipinski definition) is 6. The average Bonchev–Trinajstić information content (AvgIpc) is 3.33. The minimum Gasteiger partial charge on any atom is -0.444 e. The van der Waals surface area contributed by atoms with Crippen LogP contribution in [0.2, 0.25) is 0 Å². The fourth-order valence-electron chi connectivity index (χ4n) is 4.11. The molecule has 0 radical (unpaired) electrons. The predicted octanol–water partition coefficient (Wildman–Crippen LogP) is 4.98. The van der Waals surface area contributed by atoms with Crippen molar-refractivity contribution in [2.24, 2.45) is 0 Å². The second-order valence-corrected chi connectivity index (χ2v) is 9.87. The number of rotatable bonds is 4. The van der Waals surface area contributed by atoms with Crippen LogP contribution in [0.15, 0.2) is 60.8 Å². The van der Waals surface area contributed by atoms with Crippen LogP contribution in [-0.2, 0) is 11.2 Å². The van der Waals surface area contributed by atoms with Crippen molar-refractivity contribution in [3.8, 4) is 17.0 Å². The van der Waals surface area contributed by atoms with E-state index in [9.17, 15) is 22.8 Å². The van der Waals surface area contributed by atoms with Crippen molar-refractivity contribution in [2.45, 2.75) is 45.2 Å². The summed E-state index contributed by atoms with van der Waals surface area (Å²) in [5.74, 6) is -0.365. The Kier molecular flexibility index (Phi) is 7.61. The van der Waals surface area contributed by atoms with Crippen LogP contribution in [0.1, 0.15) is 26.3 Å². The molecular formula is C26H28F3N5O4. The van der Waals surface area contributed by atoms with Crippen molar-refractivity contribution in [1.82, 2.24) is 24.8 Å². The maximum absolute atomic E-state index is 13.5. The second kappa shape index (κ2) is 10.7. The van der Waals surface area contributed by atoms with E-state index in [1.807, 2.05) is 30.3 Å². The van der Waals surface area contributed by atoms with E-state index in [0.717, 1.165) is 22.4 Å². The van der Waals surface area contributed by atoms with E-state index in [1.54, 1.807) is 30.6 Å². The van der Waals surface area contributed by atoms with E-state index in [-0.39, 0.29) is 31.4 Å². The topological polar surface area (TPSA) is 89.8 Å². The Morgan fingerprint density at radius 3 is 2.32 bits per heavy atom. The molecule has 0 bridgehead atoms. The largest absolute Gasteiger partial charge is 0.573 e. The van der Waals surface area contributed by atoms with Crippen molar-refractivity contribution >= 4 is 12.1 Å². The molecule has 4 rings (SSSR count). The Bertz CT molecular complexity index is 1260. The number of ether oxygens (including phenoxy) is 2. The summed E-state index contributed by atoms with van der Waals surface area (Å²) in [5, 5.41) is 7.97. The first-order chi connectivity index (χ1) is 17.9. The van der Waals surface area contributed by atoms with Crippen LogP contribution in [0.25, 0.3) is 11.3 Å². The molecule has 1 unspecified atom stereocenters. The number of alkyl halides is 3. The molecule has 2 heterocycles. The van der Waals surface area contributed by atoms with Gasteiger partial charge in [0.1, 0.15) is 17.0 Å². The van der Waals surface area contributed by atoms with Gasteiger partial charge in [0.25, 0.3) is 0 Å². The smallest absolute Gasteiger partial charge is 0.444 e. The van der Waals surface area contributed by atoms with Crippen molar-refractivity contribution in [3.05, 3.63) is 66.4 Å². The zero-order chi connectivity index (χ0) is 27.5. The monoisotopic (exact) mass is 531 g/mol. The molecule has 1 atom stereocenters. The molecule has 0 spiro atoms. The predicted molar refractivity (Wildman–Crippen MR) is 131 cm³/mol. The maximum atomic E-state index is 13.5. The summed E-state index contributed by atoms with van der Waals surface area (Å²) < 4.78 is 47.8. The van der Waals surface area contributed by atoms with Gasteiger partial charge in [-0.15, -0.1) is 18.3 Å². The second-order valence-electron chi connectivity index (χ2n) is 9.87. The number of nitrogens with zero attached hydrogens (tertiary/aromatic N) is 5. The molecule has 202 valence electrons. The summed E-state index contributed by atoms with van der Waals surface area (Å²) in [4.78, 5) is 29.4. The molecule has 2 amide bonds. The van der Waals surface area contributed by atoms with Crippen LogP contribution in [0.3, 0.4) is 0 Å². The van der Waals surface area contributed by atoms with Crippen LogP contribution in [0.5, 0.6) is 5.75 Å². The van der Waals surface area contributed by atoms with E-state index < -0.39 is 24.1 Å². The zero-order valence-corrected chi connectivity index (χ0v) is 21.2. The van der Waals surface area contributed by atoms with Gasteiger partial charge < -0.3 is 19.3 Å². The number of benzene rings is 2. The number of aromatic nitrogens is 3. The third kappa shape index (κ3) is 7.02. The summed E-state index contributed by atoms with van der Waals surface area (Å²) in [6.07, 6.45) is -3.31. The summed E-state index contributed by atoms with van der Waals surface area (Å²) in [6, 6.07) is 14.0. The quantitative estimate of drug-likeness (QED) is 0.472.